The van der Waals surface area contributed by atoms with Crippen LogP contribution in [0.2, 0.25) is 0 Å². The molecule has 0 amide bonds. The molecular formula is C23H30O6. The van der Waals surface area contributed by atoms with Gasteiger partial charge in [-0.1, -0.05) is 13.0 Å². The van der Waals surface area contributed by atoms with Crippen molar-refractivity contribution < 1.29 is 29.3 Å². The summed E-state index contributed by atoms with van der Waals surface area (Å²) < 4.78 is 5.75. The van der Waals surface area contributed by atoms with Crippen LogP contribution in [0.5, 0.6) is 0 Å². The van der Waals surface area contributed by atoms with Crippen LogP contribution in [0.4, 0.5) is 0 Å². The van der Waals surface area contributed by atoms with E-state index in [4.69, 9.17) is 4.74 Å². The molecule has 29 heavy (non-hydrogen) atoms. The van der Waals surface area contributed by atoms with Crippen molar-refractivity contribution in [3.63, 3.8) is 0 Å². The van der Waals surface area contributed by atoms with E-state index in [1.54, 1.807) is 0 Å². The van der Waals surface area contributed by atoms with Crippen molar-refractivity contribution in [1.29, 1.82) is 0 Å². The van der Waals surface area contributed by atoms with Gasteiger partial charge in [-0.05, 0) is 79.9 Å². The summed E-state index contributed by atoms with van der Waals surface area (Å²) in [6.45, 7) is 4.79. The first-order chi connectivity index (χ1) is 13.6. The summed E-state index contributed by atoms with van der Waals surface area (Å²) in [5, 5.41) is 20.2. The first-order valence-electron chi connectivity index (χ1n) is 10.6. The number of fused-ring (bicyclic) bond motifs is 5. The molecule has 2 fully saturated rings. The Kier molecular flexibility index (Phi) is 4.86. The number of aliphatic hydroxyl groups is 2. The molecule has 0 spiro atoms. The van der Waals surface area contributed by atoms with Gasteiger partial charge in [-0.3, -0.25) is 14.4 Å². The lowest BCUT2D eigenvalue weighted by Crippen LogP contribution is -2.57. The predicted molar refractivity (Wildman–Crippen MR) is 105 cm³/mol. The highest BCUT2D eigenvalue weighted by Gasteiger charge is 2.66. The zero-order valence-electron chi connectivity index (χ0n) is 17.3. The SMILES string of the molecule is CC(=O)O[C@]1(C(C)=O)CC[C@H]2[C@@H]3C=C(CO)C4=CC(=O)[C@H](O)C[C@@H]4[C@H]3CC[C@@]21C. The molecule has 0 radical (unpaired) electrons. The summed E-state index contributed by atoms with van der Waals surface area (Å²) in [4.78, 5) is 36.7. The summed E-state index contributed by atoms with van der Waals surface area (Å²) in [6.07, 6.45) is 5.86. The fourth-order valence-electron chi connectivity index (χ4n) is 7.05. The Bertz CT molecular complexity index is 825. The Labute approximate surface area is 171 Å². The second-order valence-corrected chi connectivity index (χ2v) is 9.53. The summed E-state index contributed by atoms with van der Waals surface area (Å²) in [5.74, 6) is -0.280. The van der Waals surface area contributed by atoms with Crippen LogP contribution in [0, 0.1) is 29.1 Å². The molecule has 0 unspecified atom stereocenters. The topological polar surface area (TPSA) is 101 Å². The first kappa shape index (κ1) is 20.5. The molecule has 0 heterocycles. The van der Waals surface area contributed by atoms with E-state index in [0.717, 1.165) is 30.4 Å². The average Bonchev–Trinajstić information content (AvgIpc) is 2.95. The van der Waals surface area contributed by atoms with Crippen LogP contribution in [0.3, 0.4) is 0 Å². The maximum atomic E-state index is 12.7. The van der Waals surface area contributed by atoms with Gasteiger partial charge in [0.05, 0.1) is 6.61 Å². The van der Waals surface area contributed by atoms with Crippen molar-refractivity contribution in [3.8, 4) is 0 Å². The number of ether oxygens (including phenoxy) is 1. The monoisotopic (exact) mass is 402 g/mol. The van der Waals surface area contributed by atoms with Crippen LogP contribution in [-0.2, 0) is 19.1 Å². The van der Waals surface area contributed by atoms with Crippen LogP contribution < -0.4 is 0 Å². The van der Waals surface area contributed by atoms with Gasteiger partial charge >= 0.3 is 5.97 Å². The van der Waals surface area contributed by atoms with Gasteiger partial charge in [-0.15, -0.1) is 0 Å². The normalized spacial score (nSPS) is 43.5. The number of aliphatic hydroxyl groups excluding tert-OH is 2. The summed E-state index contributed by atoms with van der Waals surface area (Å²) in [6, 6.07) is 0. The molecule has 0 aliphatic heterocycles. The Morgan fingerprint density at radius 1 is 1.24 bits per heavy atom. The molecule has 2 N–H and O–H groups in total. The summed E-state index contributed by atoms with van der Waals surface area (Å²) in [5.41, 5.74) is 0.0597. The number of allylic oxidation sites excluding steroid dienone is 1. The number of ketones is 2. The zero-order chi connectivity index (χ0) is 21.1. The number of esters is 1. The van der Waals surface area contributed by atoms with Crippen molar-refractivity contribution in [1.82, 2.24) is 0 Å². The molecule has 2 saturated carbocycles. The average molecular weight is 402 g/mol. The van der Waals surface area contributed by atoms with Gasteiger partial charge in [-0.25, -0.2) is 0 Å². The van der Waals surface area contributed by atoms with Crippen molar-refractivity contribution in [3.05, 3.63) is 23.3 Å². The lowest BCUT2D eigenvalue weighted by Gasteiger charge is -2.54. The van der Waals surface area contributed by atoms with Crippen LogP contribution in [0.25, 0.3) is 0 Å². The second-order valence-electron chi connectivity index (χ2n) is 9.53. The molecule has 7 atom stereocenters. The van der Waals surface area contributed by atoms with Crippen molar-refractivity contribution in [2.24, 2.45) is 29.1 Å². The van der Waals surface area contributed by atoms with Crippen LogP contribution in [0.1, 0.15) is 52.9 Å². The maximum absolute atomic E-state index is 12.7. The lowest BCUT2D eigenvalue weighted by molar-refractivity contribution is -0.184. The number of rotatable bonds is 3. The van der Waals surface area contributed by atoms with E-state index in [2.05, 4.69) is 13.0 Å². The minimum Gasteiger partial charge on any atom is -0.451 e. The number of carbonyl (C=O) groups is 3. The van der Waals surface area contributed by atoms with E-state index >= 15 is 0 Å². The highest BCUT2D eigenvalue weighted by Crippen LogP contribution is 2.65. The molecular weight excluding hydrogens is 372 g/mol. The molecule has 6 nitrogen and oxygen atoms in total. The van der Waals surface area contributed by atoms with E-state index in [1.165, 1.54) is 19.9 Å². The quantitative estimate of drug-likeness (QED) is 0.702. The molecule has 0 saturated heterocycles. The van der Waals surface area contributed by atoms with E-state index in [-0.39, 0.29) is 41.8 Å². The minimum atomic E-state index is -1.10. The Morgan fingerprint density at radius 2 is 1.97 bits per heavy atom. The Balaban J connectivity index is 1.77. The third-order valence-electron chi connectivity index (χ3n) is 8.35. The largest absolute Gasteiger partial charge is 0.451 e. The highest BCUT2D eigenvalue weighted by atomic mass is 16.6. The van der Waals surface area contributed by atoms with Gasteiger partial charge in [0.15, 0.2) is 17.2 Å². The lowest BCUT2D eigenvalue weighted by atomic mass is 9.51. The summed E-state index contributed by atoms with van der Waals surface area (Å²) >= 11 is 0. The van der Waals surface area contributed by atoms with Crippen molar-refractivity contribution in [2.75, 3.05) is 6.61 Å². The van der Waals surface area contributed by atoms with E-state index < -0.39 is 23.1 Å². The molecule has 0 aromatic carbocycles. The highest BCUT2D eigenvalue weighted by molar-refractivity contribution is 5.96. The van der Waals surface area contributed by atoms with Crippen LogP contribution >= 0.6 is 0 Å². The van der Waals surface area contributed by atoms with Gasteiger partial charge in [0, 0.05) is 12.3 Å². The third kappa shape index (κ3) is 2.79. The van der Waals surface area contributed by atoms with Crippen LogP contribution in [0.15, 0.2) is 23.3 Å². The van der Waals surface area contributed by atoms with E-state index in [0.29, 0.717) is 12.8 Å². The molecule has 6 heteroatoms. The fraction of sp³-hybridized carbons (Fsp3) is 0.696. The van der Waals surface area contributed by atoms with E-state index in [9.17, 15) is 24.6 Å². The van der Waals surface area contributed by atoms with Gasteiger partial charge in [0.1, 0.15) is 6.10 Å². The van der Waals surface area contributed by atoms with E-state index in [1.807, 2.05) is 0 Å². The second kappa shape index (κ2) is 6.88. The molecule has 4 aliphatic rings. The van der Waals surface area contributed by atoms with Crippen LogP contribution in [-0.4, -0.2) is 46.1 Å². The predicted octanol–water partition coefficient (Wildman–Crippen LogP) is 2.13. The number of hydrogen-bond acceptors (Lipinski definition) is 6. The Morgan fingerprint density at radius 3 is 2.59 bits per heavy atom. The molecule has 4 aliphatic carbocycles. The Hall–Kier alpha value is -1.79. The summed E-state index contributed by atoms with van der Waals surface area (Å²) in [7, 11) is 0. The smallest absolute Gasteiger partial charge is 0.303 e. The number of Topliss-reactive ketones (excluding diaryl/α,β-unsaturated/α-hetero) is 1. The molecule has 0 aromatic heterocycles. The zero-order valence-corrected chi connectivity index (χ0v) is 17.3. The van der Waals surface area contributed by atoms with Crippen molar-refractivity contribution >= 4 is 17.5 Å². The standard InChI is InChI=1S/C23H30O6/c1-12(25)23(29-13(2)26)7-5-19-18-8-14(11-24)16-9-20(27)21(28)10-17(16)15(18)4-6-22(19,23)3/h8-9,15,17-19,21,24,28H,4-7,10-11H2,1-3H3/t15-,17-,18-,19+,21-,22+,23+/m1/s1. The molecule has 4 rings (SSSR count). The minimum absolute atomic E-state index is 0.0328. The molecule has 0 aromatic rings. The van der Waals surface area contributed by atoms with Gasteiger partial charge in [-0.2, -0.15) is 0 Å². The number of hydrogen-bond donors (Lipinski definition) is 2. The first-order valence-corrected chi connectivity index (χ1v) is 10.6. The van der Waals surface area contributed by atoms with Crippen molar-refractivity contribution in [2.45, 2.75) is 64.6 Å². The number of carbonyl (C=O) groups excluding carboxylic acids is 3. The molecule has 0 bridgehead atoms. The van der Waals surface area contributed by atoms with Gasteiger partial charge in [0.2, 0.25) is 0 Å². The fourth-order valence-corrected chi connectivity index (χ4v) is 7.05. The van der Waals surface area contributed by atoms with Gasteiger partial charge < -0.3 is 14.9 Å². The van der Waals surface area contributed by atoms with Gasteiger partial charge in [0.25, 0.3) is 0 Å². The molecule has 158 valence electrons. The third-order valence-corrected chi connectivity index (χ3v) is 8.35. The maximum Gasteiger partial charge on any atom is 0.303 e.